The summed E-state index contributed by atoms with van der Waals surface area (Å²) in [6, 6.07) is -0.0795. The first-order valence-electron chi connectivity index (χ1n) is 7.93. The van der Waals surface area contributed by atoms with Crippen LogP contribution in [-0.4, -0.2) is 15.1 Å². The molecule has 0 fully saturated rings. The summed E-state index contributed by atoms with van der Waals surface area (Å²) in [5.74, 6) is 0. The van der Waals surface area contributed by atoms with Gasteiger partial charge in [-0.25, -0.2) is 0 Å². The summed E-state index contributed by atoms with van der Waals surface area (Å²) in [6.45, 7) is 4.42. The normalized spacial score (nSPS) is 10.9. The molecule has 1 N–H and O–H groups in total. The smallest absolute Gasteiger partial charge is 0.314 e. The molecule has 0 aromatic carbocycles. The highest BCUT2D eigenvalue weighted by Gasteiger charge is 2.11. The van der Waals surface area contributed by atoms with Crippen molar-refractivity contribution in [2.75, 3.05) is 0 Å². The van der Waals surface area contributed by atoms with Crippen molar-refractivity contribution in [2.24, 2.45) is 0 Å². The first kappa shape index (κ1) is 17.4. The van der Waals surface area contributed by atoms with Crippen LogP contribution in [0.1, 0.15) is 76.6 Å². The van der Waals surface area contributed by atoms with Gasteiger partial charge in [-0.15, -0.1) is 0 Å². The lowest BCUT2D eigenvalue weighted by Crippen LogP contribution is -2.01. The fourth-order valence-corrected chi connectivity index (χ4v) is 2.87. The summed E-state index contributed by atoms with van der Waals surface area (Å²) in [5.41, 5.74) is 1.91. The number of rotatable bonds is 10. The van der Waals surface area contributed by atoms with E-state index in [1.165, 1.54) is 38.5 Å². The quantitative estimate of drug-likeness (QED) is 0.595. The van der Waals surface area contributed by atoms with Gasteiger partial charge in [-0.3, -0.25) is 0 Å². The molecule has 0 radical (unpaired) electrons. The van der Waals surface area contributed by atoms with Crippen molar-refractivity contribution in [2.45, 2.75) is 78.1 Å². The summed E-state index contributed by atoms with van der Waals surface area (Å²) in [5, 5.41) is 9.68. The summed E-state index contributed by atoms with van der Waals surface area (Å²) in [7, 11) is 0. The van der Waals surface area contributed by atoms with Crippen LogP contribution in [0.3, 0.4) is 0 Å². The number of hydrogen-bond donors (Lipinski definition) is 1. The molecule has 1 rings (SSSR count). The minimum Gasteiger partial charge on any atom is -0.479 e. The zero-order valence-electron chi connectivity index (χ0n) is 12.8. The third-order valence-corrected chi connectivity index (χ3v) is 4.43. The highest BCUT2D eigenvalue weighted by atomic mass is 79.9. The Kier molecular flexibility index (Phi) is 8.83. The van der Waals surface area contributed by atoms with E-state index in [-0.39, 0.29) is 6.01 Å². The molecular weight excluding hydrogens is 316 g/mol. The first-order chi connectivity index (χ1) is 9.69. The SMILES string of the molecule is CCCCCCc1nc(O)nc(CCCCCC)c1Br. The molecule has 0 aliphatic rings. The van der Waals surface area contributed by atoms with Gasteiger partial charge in [0.15, 0.2) is 0 Å². The second-order valence-corrected chi connectivity index (χ2v) is 6.15. The van der Waals surface area contributed by atoms with Gasteiger partial charge in [0.25, 0.3) is 0 Å². The standard InChI is InChI=1S/C16H27BrN2O/c1-3-5-7-9-11-13-15(17)14(19-16(20)18-13)12-10-8-6-4-2/h3-12H2,1-2H3,(H,18,19,20). The van der Waals surface area contributed by atoms with Crippen molar-refractivity contribution in [3.05, 3.63) is 15.9 Å². The van der Waals surface area contributed by atoms with Gasteiger partial charge in [0.2, 0.25) is 0 Å². The number of nitrogens with zero attached hydrogens (tertiary/aromatic N) is 2. The molecule has 3 nitrogen and oxygen atoms in total. The Bertz CT molecular complexity index is 363. The minimum absolute atomic E-state index is 0.0795. The van der Waals surface area contributed by atoms with Crippen LogP contribution in [0.2, 0.25) is 0 Å². The van der Waals surface area contributed by atoms with Crippen LogP contribution in [0, 0.1) is 0 Å². The Morgan fingerprint density at radius 2 is 1.25 bits per heavy atom. The van der Waals surface area contributed by atoms with Gasteiger partial charge in [0.05, 0.1) is 15.9 Å². The van der Waals surface area contributed by atoms with Gasteiger partial charge < -0.3 is 5.11 Å². The lowest BCUT2D eigenvalue weighted by molar-refractivity contribution is 0.423. The third-order valence-electron chi connectivity index (χ3n) is 3.51. The molecule has 1 aromatic rings. The summed E-state index contributed by atoms with van der Waals surface area (Å²) >= 11 is 3.62. The Morgan fingerprint density at radius 3 is 1.65 bits per heavy atom. The average Bonchev–Trinajstić information content (AvgIpc) is 2.44. The molecule has 114 valence electrons. The molecule has 1 heterocycles. The van der Waals surface area contributed by atoms with Gasteiger partial charge in [-0.2, -0.15) is 9.97 Å². The van der Waals surface area contributed by atoms with E-state index >= 15 is 0 Å². The van der Waals surface area contributed by atoms with Crippen LogP contribution >= 0.6 is 15.9 Å². The van der Waals surface area contributed by atoms with E-state index < -0.39 is 0 Å². The van der Waals surface area contributed by atoms with Gasteiger partial charge in [-0.1, -0.05) is 52.4 Å². The summed E-state index contributed by atoms with van der Waals surface area (Å²) in [6.07, 6.45) is 11.5. The molecule has 0 atom stereocenters. The predicted octanol–water partition coefficient (Wildman–Crippen LogP) is 5.19. The highest BCUT2D eigenvalue weighted by molar-refractivity contribution is 9.10. The summed E-state index contributed by atoms with van der Waals surface area (Å²) in [4.78, 5) is 8.35. The molecule has 0 unspecified atom stereocenters. The largest absolute Gasteiger partial charge is 0.479 e. The predicted molar refractivity (Wildman–Crippen MR) is 87.1 cm³/mol. The number of hydrogen-bond acceptors (Lipinski definition) is 3. The van der Waals surface area contributed by atoms with Gasteiger partial charge in [0.1, 0.15) is 0 Å². The third kappa shape index (κ3) is 6.21. The number of aryl methyl sites for hydroxylation is 2. The lowest BCUT2D eigenvalue weighted by Gasteiger charge is -2.09. The number of unbranched alkanes of at least 4 members (excludes halogenated alkanes) is 6. The molecular formula is C16H27BrN2O. The highest BCUT2D eigenvalue weighted by Crippen LogP contribution is 2.24. The molecule has 0 aliphatic heterocycles. The second-order valence-electron chi connectivity index (χ2n) is 5.35. The lowest BCUT2D eigenvalue weighted by atomic mass is 10.1. The van der Waals surface area contributed by atoms with Crippen LogP contribution in [0.25, 0.3) is 0 Å². The maximum absolute atomic E-state index is 9.68. The van der Waals surface area contributed by atoms with Crippen molar-refractivity contribution >= 4 is 15.9 Å². The van der Waals surface area contributed by atoms with Gasteiger partial charge >= 0.3 is 6.01 Å². The minimum atomic E-state index is -0.0795. The average molecular weight is 343 g/mol. The zero-order chi connectivity index (χ0) is 14.8. The maximum Gasteiger partial charge on any atom is 0.314 e. The Balaban J connectivity index is 2.59. The Hall–Kier alpha value is -0.640. The molecule has 0 aliphatic carbocycles. The number of halogens is 1. The number of aromatic nitrogens is 2. The Morgan fingerprint density at radius 1 is 0.800 bits per heavy atom. The van der Waals surface area contributed by atoms with Crippen molar-refractivity contribution in [3.8, 4) is 6.01 Å². The van der Waals surface area contributed by atoms with Crippen LogP contribution < -0.4 is 0 Å². The molecule has 0 bridgehead atoms. The van der Waals surface area contributed by atoms with Gasteiger partial charge in [-0.05, 0) is 41.6 Å². The molecule has 4 heteroatoms. The second kappa shape index (κ2) is 10.1. The van der Waals surface area contributed by atoms with E-state index in [1.807, 2.05) is 0 Å². The Labute approximate surface area is 131 Å². The van der Waals surface area contributed by atoms with Crippen LogP contribution in [-0.2, 0) is 12.8 Å². The van der Waals surface area contributed by atoms with E-state index in [9.17, 15) is 5.11 Å². The van der Waals surface area contributed by atoms with Crippen LogP contribution in [0.5, 0.6) is 6.01 Å². The maximum atomic E-state index is 9.68. The fourth-order valence-electron chi connectivity index (χ4n) is 2.30. The van der Waals surface area contributed by atoms with Crippen molar-refractivity contribution < 1.29 is 5.11 Å². The van der Waals surface area contributed by atoms with E-state index in [4.69, 9.17) is 0 Å². The van der Waals surface area contributed by atoms with E-state index in [0.717, 1.165) is 41.5 Å². The fraction of sp³-hybridized carbons (Fsp3) is 0.750. The van der Waals surface area contributed by atoms with E-state index in [1.54, 1.807) is 0 Å². The molecule has 1 aromatic heterocycles. The molecule has 20 heavy (non-hydrogen) atoms. The molecule has 0 saturated carbocycles. The molecule has 0 saturated heterocycles. The van der Waals surface area contributed by atoms with E-state index in [2.05, 4.69) is 39.7 Å². The monoisotopic (exact) mass is 342 g/mol. The molecule has 0 amide bonds. The summed E-state index contributed by atoms with van der Waals surface area (Å²) < 4.78 is 1.00. The van der Waals surface area contributed by atoms with Crippen molar-refractivity contribution in [1.29, 1.82) is 0 Å². The zero-order valence-corrected chi connectivity index (χ0v) is 14.4. The van der Waals surface area contributed by atoms with Crippen molar-refractivity contribution in [1.82, 2.24) is 9.97 Å². The van der Waals surface area contributed by atoms with Crippen LogP contribution in [0.4, 0.5) is 0 Å². The van der Waals surface area contributed by atoms with Gasteiger partial charge in [0, 0.05) is 0 Å². The number of aromatic hydroxyl groups is 1. The van der Waals surface area contributed by atoms with Crippen molar-refractivity contribution in [3.63, 3.8) is 0 Å². The van der Waals surface area contributed by atoms with Crippen LogP contribution in [0.15, 0.2) is 4.47 Å². The van der Waals surface area contributed by atoms with E-state index in [0.29, 0.717) is 0 Å². The topological polar surface area (TPSA) is 46.0 Å². The molecule has 0 spiro atoms. The first-order valence-corrected chi connectivity index (χ1v) is 8.72.